The van der Waals surface area contributed by atoms with Gasteiger partial charge in [-0.3, -0.25) is 14.5 Å². The number of amides is 1. The number of aliphatic hydroxyl groups excluding tert-OH is 1. The first-order valence-corrected chi connectivity index (χ1v) is 9.01. The lowest BCUT2D eigenvalue weighted by atomic mass is 9.77. The van der Waals surface area contributed by atoms with Crippen molar-refractivity contribution in [1.29, 1.82) is 0 Å². The summed E-state index contributed by atoms with van der Waals surface area (Å²) in [4.78, 5) is 27.7. The van der Waals surface area contributed by atoms with E-state index in [1.165, 1.54) is 0 Å². The number of nitrogens with zero attached hydrogens (tertiary/aromatic N) is 2. The SMILES string of the molecule is CN1C(=O)C[C@H](C(=O)O)C12CCN(Cc1ccc(OCCO)cc1)CC2. The van der Waals surface area contributed by atoms with Crippen LogP contribution in [0.1, 0.15) is 24.8 Å². The molecule has 0 aliphatic carbocycles. The number of hydrogen-bond donors (Lipinski definition) is 2. The van der Waals surface area contributed by atoms with E-state index in [2.05, 4.69) is 4.90 Å². The van der Waals surface area contributed by atoms with Gasteiger partial charge in [0, 0.05) is 33.1 Å². The first kappa shape index (κ1) is 18.7. The average Bonchev–Trinajstić information content (AvgIpc) is 2.88. The van der Waals surface area contributed by atoms with E-state index >= 15 is 0 Å². The standard InChI is InChI=1S/C19H26N2O5/c1-20-17(23)12-16(18(24)25)19(20)6-8-21(9-7-19)13-14-2-4-15(5-3-14)26-11-10-22/h2-5,16,22H,6-13H2,1H3,(H,24,25)/t16-/m1/s1. The van der Waals surface area contributed by atoms with Crippen molar-refractivity contribution in [2.24, 2.45) is 5.92 Å². The molecule has 7 heteroatoms. The van der Waals surface area contributed by atoms with Gasteiger partial charge in [-0.25, -0.2) is 0 Å². The minimum atomic E-state index is -0.866. The molecule has 1 atom stereocenters. The Kier molecular flexibility index (Phi) is 5.48. The zero-order valence-corrected chi connectivity index (χ0v) is 15.1. The van der Waals surface area contributed by atoms with Crippen molar-refractivity contribution in [2.75, 3.05) is 33.4 Å². The Bertz CT molecular complexity index is 652. The van der Waals surface area contributed by atoms with Crippen LogP contribution in [0.15, 0.2) is 24.3 Å². The largest absolute Gasteiger partial charge is 0.491 e. The molecular formula is C19H26N2O5. The zero-order chi connectivity index (χ0) is 18.7. The number of aliphatic carboxylic acids is 1. The van der Waals surface area contributed by atoms with Crippen LogP contribution >= 0.6 is 0 Å². The normalized spacial score (nSPS) is 22.8. The lowest BCUT2D eigenvalue weighted by Gasteiger charge is -2.45. The summed E-state index contributed by atoms with van der Waals surface area (Å²) in [5, 5.41) is 18.3. The Morgan fingerprint density at radius 2 is 1.92 bits per heavy atom. The van der Waals surface area contributed by atoms with E-state index in [-0.39, 0.29) is 25.5 Å². The summed E-state index contributed by atoms with van der Waals surface area (Å²) in [6.07, 6.45) is 1.48. The highest BCUT2D eigenvalue weighted by Crippen LogP contribution is 2.43. The third kappa shape index (κ3) is 3.54. The second kappa shape index (κ2) is 7.63. The number of carbonyl (C=O) groups is 2. The third-order valence-corrected chi connectivity index (χ3v) is 5.78. The second-order valence-corrected chi connectivity index (χ2v) is 7.14. The van der Waals surface area contributed by atoms with E-state index in [1.54, 1.807) is 11.9 Å². The Hall–Kier alpha value is -2.12. The molecule has 0 radical (unpaired) electrons. The minimum Gasteiger partial charge on any atom is -0.491 e. The number of benzene rings is 1. The summed E-state index contributed by atoms with van der Waals surface area (Å²) in [6.45, 7) is 2.59. The summed E-state index contributed by atoms with van der Waals surface area (Å²) in [5.41, 5.74) is 0.615. The fraction of sp³-hybridized carbons (Fsp3) is 0.579. The summed E-state index contributed by atoms with van der Waals surface area (Å²) in [5.74, 6) is -0.806. The van der Waals surface area contributed by atoms with Gasteiger partial charge >= 0.3 is 5.97 Å². The minimum absolute atomic E-state index is 0.00837. The fourth-order valence-electron chi connectivity index (χ4n) is 4.20. The molecule has 1 amide bonds. The van der Waals surface area contributed by atoms with Crippen LogP contribution in [-0.2, 0) is 16.1 Å². The van der Waals surface area contributed by atoms with Gasteiger partial charge in [-0.2, -0.15) is 0 Å². The average molecular weight is 362 g/mol. The van der Waals surface area contributed by atoms with Crippen molar-refractivity contribution in [3.8, 4) is 5.75 Å². The van der Waals surface area contributed by atoms with Crippen LogP contribution in [0, 0.1) is 5.92 Å². The Labute approximate surface area is 153 Å². The summed E-state index contributed by atoms with van der Waals surface area (Å²) >= 11 is 0. The molecule has 2 aliphatic heterocycles. The molecule has 2 aliphatic rings. The predicted molar refractivity (Wildman–Crippen MR) is 94.8 cm³/mol. The van der Waals surface area contributed by atoms with Crippen molar-refractivity contribution in [3.05, 3.63) is 29.8 Å². The molecule has 1 spiro atoms. The number of carbonyl (C=O) groups excluding carboxylic acids is 1. The zero-order valence-electron chi connectivity index (χ0n) is 15.1. The summed E-state index contributed by atoms with van der Waals surface area (Å²) in [7, 11) is 1.74. The van der Waals surface area contributed by atoms with Gasteiger partial charge in [0.1, 0.15) is 12.4 Å². The van der Waals surface area contributed by atoms with Gasteiger partial charge in [-0.05, 0) is 30.5 Å². The van der Waals surface area contributed by atoms with Gasteiger partial charge in [0.25, 0.3) is 0 Å². The van der Waals surface area contributed by atoms with E-state index in [0.29, 0.717) is 12.8 Å². The molecule has 7 nitrogen and oxygen atoms in total. The second-order valence-electron chi connectivity index (χ2n) is 7.14. The van der Waals surface area contributed by atoms with Gasteiger partial charge < -0.3 is 19.8 Å². The van der Waals surface area contributed by atoms with Gasteiger partial charge in [-0.1, -0.05) is 12.1 Å². The van der Waals surface area contributed by atoms with Crippen LogP contribution in [-0.4, -0.2) is 70.8 Å². The Balaban J connectivity index is 1.60. The topological polar surface area (TPSA) is 90.3 Å². The molecular weight excluding hydrogens is 336 g/mol. The number of piperidine rings is 1. The Morgan fingerprint density at radius 3 is 2.50 bits per heavy atom. The molecule has 2 N–H and O–H groups in total. The maximum atomic E-state index is 12.1. The molecule has 2 saturated heterocycles. The van der Waals surface area contributed by atoms with Gasteiger partial charge in [0.2, 0.25) is 5.91 Å². The lowest BCUT2D eigenvalue weighted by Crippen LogP contribution is -2.55. The molecule has 2 fully saturated rings. The first-order chi connectivity index (χ1) is 12.5. The van der Waals surface area contributed by atoms with Crippen molar-refractivity contribution < 1.29 is 24.5 Å². The molecule has 1 aromatic carbocycles. The molecule has 142 valence electrons. The van der Waals surface area contributed by atoms with Crippen LogP contribution < -0.4 is 4.74 Å². The van der Waals surface area contributed by atoms with Gasteiger partial charge in [0.15, 0.2) is 0 Å². The number of rotatable bonds is 6. The highest BCUT2D eigenvalue weighted by atomic mass is 16.5. The Morgan fingerprint density at radius 1 is 1.27 bits per heavy atom. The molecule has 0 unspecified atom stereocenters. The molecule has 26 heavy (non-hydrogen) atoms. The number of ether oxygens (including phenoxy) is 1. The van der Waals surface area contributed by atoms with E-state index in [1.807, 2.05) is 24.3 Å². The maximum Gasteiger partial charge on any atom is 0.309 e. The van der Waals surface area contributed by atoms with Crippen LogP contribution in [0.25, 0.3) is 0 Å². The first-order valence-electron chi connectivity index (χ1n) is 9.01. The molecule has 0 saturated carbocycles. The number of aliphatic hydroxyl groups is 1. The van der Waals surface area contributed by atoms with Crippen LogP contribution in [0.2, 0.25) is 0 Å². The van der Waals surface area contributed by atoms with E-state index < -0.39 is 17.4 Å². The summed E-state index contributed by atoms with van der Waals surface area (Å²) < 4.78 is 5.36. The van der Waals surface area contributed by atoms with Crippen LogP contribution in [0.5, 0.6) is 5.75 Å². The van der Waals surface area contributed by atoms with Crippen molar-refractivity contribution in [2.45, 2.75) is 31.3 Å². The monoisotopic (exact) mass is 362 g/mol. The quantitative estimate of drug-likeness (QED) is 0.783. The lowest BCUT2D eigenvalue weighted by molar-refractivity contribution is -0.146. The highest BCUT2D eigenvalue weighted by Gasteiger charge is 2.55. The highest BCUT2D eigenvalue weighted by molar-refractivity contribution is 5.88. The van der Waals surface area contributed by atoms with Crippen LogP contribution in [0.4, 0.5) is 0 Å². The van der Waals surface area contributed by atoms with Crippen molar-refractivity contribution in [3.63, 3.8) is 0 Å². The smallest absolute Gasteiger partial charge is 0.309 e. The van der Waals surface area contributed by atoms with Gasteiger partial charge in [-0.15, -0.1) is 0 Å². The van der Waals surface area contributed by atoms with E-state index in [0.717, 1.165) is 30.9 Å². The van der Waals surface area contributed by atoms with E-state index in [4.69, 9.17) is 9.84 Å². The third-order valence-electron chi connectivity index (χ3n) is 5.78. The molecule has 2 heterocycles. The van der Waals surface area contributed by atoms with Gasteiger partial charge in [0.05, 0.1) is 18.1 Å². The van der Waals surface area contributed by atoms with Crippen LogP contribution in [0.3, 0.4) is 0 Å². The molecule has 0 aromatic heterocycles. The molecule has 3 rings (SSSR count). The molecule has 0 bridgehead atoms. The van der Waals surface area contributed by atoms with Crippen molar-refractivity contribution >= 4 is 11.9 Å². The van der Waals surface area contributed by atoms with E-state index in [9.17, 15) is 14.7 Å². The number of hydrogen-bond acceptors (Lipinski definition) is 5. The predicted octanol–water partition coefficient (Wildman–Crippen LogP) is 0.955. The maximum absolute atomic E-state index is 12.1. The fourth-order valence-corrected chi connectivity index (χ4v) is 4.20. The number of carboxylic acid groups (broad SMARTS) is 1. The molecule has 1 aromatic rings. The van der Waals surface area contributed by atoms with Crippen molar-refractivity contribution in [1.82, 2.24) is 9.80 Å². The number of carboxylic acids is 1. The summed E-state index contributed by atoms with van der Waals surface area (Å²) in [6, 6.07) is 7.78. The number of likely N-dealkylation sites (tertiary alicyclic amines) is 2.